The van der Waals surface area contributed by atoms with Crippen molar-refractivity contribution in [3.8, 4) is 11.3 Å². The molecule has 3 heterocycles. The first kappa shape index (κ1) is 17.5. The van der Waals surface area contributed by atoms with E-state index in [1.54, 1.807) is 32.0 Å². The van der Waals surface area contributed by atoms with Crippen molar-refractivity contribution in [1.29, 1.82) is 0 Å². The lowest BCUT2D eigenvalue weighted by atomic mass is 10.0. The van der Waals surface area contributed by atoms with Crippen molar-refractivity contribution in [3.63, 3.8) is 0 Å². The Morgan fingerprint density at radius 2 is 1.90 bits per heavy atom. The highest BCUT2D eigenvalue weighted by atomic mass is 19.1. The monoisotopic (exact) mass is 392 g/mol. The highest BCUT2D eigenvalue weighted by Gasteiger charge is 2.30. The zero-order valence-electron chi connectivity index (χ0n) is 15.8. The summed E-state index contributed by atoms with van der Waals surface area (Å²) in [6.07, 6.45) is 2.06. The molecule has 4 aromatic rings. The van der Waals surface area contributed by atoms with Crippen LogP contribution in [0.5, 0.6) is 0 Å². The second-order valence-electron chi connectivity index (χ2n) is 7.24. The van der Waals surface area contributed by atoms with Gasteiger partial charge in [-0.3, -0.25) is 4.79 Å². The number of carbonyl (C=O) groups excluding carboxylic acids is 1. The van der Waals surface area contributed by atoms with Crippen LogP contribution in [0.4, 0.5) is 10.1 Å². The van der Waals surface area contributed by atoms with Crippen molar-refractivity contribution in [2.45, 2.75) is 32.6 Å². The molecular formula is C21H17FN4O3. The van der Waals surface area contributed by atoms with Crippen molar-refractivity contribution in [2.24, 2.45) is 0 Å². The number of pyridine rings is 1. The van der Waals surface area contributed by atoms with Gasteiger partial charge in [-0.15, -0.1) is 0 Å². The molecule has 7 nitrogen and oxygen atoms in total. The molecule has 0 saturated heterocycles. The van der Waals surface area contributed by atoms with Crippen LogP contribution in [0.15, 0.2) is 39.4 Å². The number of nitrogens with zero attached hydrogens (tertiary/aromatic N) is 3. The normalized spacial score (nSPS) is 13.8. The molecular weight excluding hydrogens is 375 g/mol. The van der Waals surface area contributed by atoms with Crippen molar-refractivity contribution < 1.29 is 18.2 Å². The quantitative estimate of drug-likeness (QED) is 0.538. The molecule has 0 unspecified atom stereocenters. The Bertz CT molecular complexity index is 1220. The van der Waals surface area contributed by atoms with E-state index in [-0.39, 0.29) is 17.4 Å². The molecule has 29 heavy (non-hydrogen) atoms. The van der Waals surface area contributed by atoms with Crippen molar-refractivity contribution in [2.75, 3.05) is 5.32 Å². The Balaban J connectivity index is 1.66. The predicted octanol–water partition coefficient (Wildman–Crippen LogP) is 4.76. The summed E-state index contributed by atoms with van der Waals surface area (Å²) < 4.78 is 23.9. The molecule has 1 fully saturated rings. The average molecular weight is 392 g/mol. The van der Waals surface area contributed by atoms with E-state index >= 15 is 0 Å². The first-order chi connectivity index (χ1) is 14.0. The molecule has 0 spiro atoms. The van der Waals surface area contributed by atoms with E-state index in [9.17, 15) is 9.18 Å². The van der Waals surface area contributed by atoms with E-state index in [2.05, 4.69) is 20.6 Å². The molecule has 1 saturated carbocycles. The molecule has 146 valence electrons. The van der Waals surface area contributed by atoms with Gasteiger partial charge in [-0.1, -0.05) is 10.3 Å². The Morgan fingerprint density at radius 3 is 2.55 bits per heavy atom. The van der Waals surface area contributed by atoms with E-state index in [4.69, 9.17) is 9.05 Å². The summed E-state index contributed by atoms with van der Waals surface area (Å²) in [6.45, 7) is 3.49. The SMILES string of the molecule is Cc1noc(C)c1NC(=O)c1cc(C2CC2)nc2onc(-c3ccc(F)cc3)c12. The molecule has 8 heteroatoms. The Kier molecular flexibility index (Phi) is 3.94. The smallest absolute Gasteiger partial charge is 0.259 e. The van der Waals surface area contributed by atoms with Crippen LogP contribution in [-0.4, -0.2) is 21.2 Å². The molecule has 1 aliphatic rings. The summed E-state index contributed by atoms with van der Waals surface area (Å²) in [5.74, 6) is 0.157. The summed E-state index contributed by atoms with van der Waals surface area (Å²) in [7, 11) is 0. The first-order valence-electron chi connectivity index (χ1n) is 9.31. The van der Waals surface area contributed by atoms with Gasteiger partial charge in [-0.05, 0) is 57.0 Å². The van der Waals surface area contributed by atoms with E-state index in [1.807, 2.05) is 0 Å². The molecule has 5 rings (SSSR count). The number of aryl methyl sites for hydroxylation is 2. The van der Waals surface area contributed by atoms with Crippen molar-refractivity contribution in [1.82, 2.24) is 15.3 Å². The summed E-state index contributed by atoms with van der Waals surface area (Å²) in [5, 5.41) is 11.4. The average Bonchev–Trinajstić information content (AvgIpc) is 3.42. The molecule has 1 N–H and O–H groups in total. The molecule has 1 aromatic carbocycles. The zero-order valence-corrected chi connectivity index (χ0v) is 15.8. The summed E-state index contributed by atoms with van der Waals surface area (Å²) in [6, 6.07) is 7.66. The highest BCUT2D eigenvalue weighted by molar-refractivity contribution is 6.15. The van der Waals surface area contributed by atoms with Gasteiger partial charge in [0.05, 0.1) is 10.9 Å². The third kappa shape index (κ3) is 3.06. The standard InChI is InChI=1S/C21H17FN4O3/c1-10-18(11(2)28-25-10)24-20(27)15-9-16(12-3-4-12)23-21-17(15)19(26-29-21)13-5-7-14(22)8-6-13/h5-9,12H,3-4H2,1-2H3,(H,24,27). The van der Waals surface area contributed by atoms with E-state index in [1.165, 1.54) is 12.1 Å². The van der Waals surface area contributed by atoms with E-state index in [0.717, 1.165) is 18.5 Å². The van der Waals surface area contributed by atoms with E-state index in [0.29, 0.717) is 45.3 Å². The third-order valence-electron chi connectivity index (χ3n) is 5.10. The molecule has 1 amide bonds. The second-order valence-corrected chi connectivity index (χ2v) is 7.24. The van der Waals surface area contributed by atoms with Gasteiger partial charge in [0.2, 0.25) is 0 Å². The third-order valence-corrected chi connectivity index (χ3v) is 5.10. The van der Waals surface area contributed by atoms with Crippen LogP contribution in [-0.2, 0) is 0 Å². The zero-order chi connectivity index (χ0) is 20.1. The minimum atomic E-state index is -0.355. The van der Waals surface area contributed by atoms with Gasteiger partial charge in [0, 0.05) is 17.2 Å². The number of nitrogens with one attached hydrogen (secondary N) is 1. The second kappa shape index (κ2) is 6.51. The van der Waals surface area contributed by atoms with Crippen LogP contribution < -0.4 is 5.32 Å². The predicted molar refractivity (Wildman–Crippen MR) is 103 cm³/mol. The Morgan fingerprint density at radius 1 is 1.14 bits per heavy atom. The lowest BCUT2D eigenvalue weighted by Gasteiger charge is -2.08. The number of rotatable bonds is 4. The topological polar surface area (TPSA) is 94.1 Å². The number of anilines is 1. The highest BCUT2D eigenvalue weighted by Crippen LogP contribution is 2.41. The van der Waals surface area contributed by atoms with Gasteiger partial charge in [0.1, 0.15) is 22.9 Å². The summed E-state index contributed by atoms with van der Waals surface area (Å²) >= 11 is 0. The van der Waals surface area contributed by atoms with Gasteiger partial charge in [-0.2, -0.15) is 0 Å². The number of aromatic nitrogens is 3. The molecule has 0 atom stereocenters. The molecule has 0 aliphatic heterocycles. The maximum Gasteiger partial charge on any atom is 0.259 e. The molecule has 1 aliphatic carbocycles. The Hall–Kier alpha value is -3.55. The van der Waals surface area contributed by atoms with Gasteiger partial charge < -0.3 is 14.4 Å². The number of amides is 1. The van der Waals surface area contributed by atoms with Crippen LogP contribution in [0.1, 0.15) is 46.3 Å². The van der Waals surface area contributed by atoms with Gasteiger partial charge >= 0.3 is 0 Å². The molecule has 3 aromatic heterocycles. The summed E-state index contributed by atoms with van der Waals surface area (Å²) in [5.41, 5.74) is 3.70. The maximum absolute atomic E-state index is 13.4. The van der Waals surface area contributed by atoms with Crippen LogP contribution >= 0.6 is 0 Å². The van der Waals surface area contributed by atoms with Crippen LogP contribution in [0, 0.1) is 19.7 Å². The number of hydrogen-bond donors (Lipinski definition) is 1. The minimum Gasteiger partial charge on any atom is -0.359 e. The fourth-order valence-electron chi connectivity index (χ4n) is 3.38. The van der Waals surface area contributed by atoms with Gasteiger partial charge in [-0.25, -0.2) is 9.37 Å². The molecule has 0 radical (unpaired) electrons. The summed E-state index contributed by atoms with van der Waals surface area (Å²) in [4.78, 5) is 17.8. The molecule has 0 bridgehead atoms. The van der Waals surface area contributed by atoms with Gasteiger partial charge in [0.25, 0.3) is 11.6 Å². The lowest BCUT2D eigenvalue weighted by molar-refractivity contribution is 0.102. The van der Waals surface area contributed by atoms with Crippen molar-refractivity contribution >= 4 is 22.7 Å². The number of hydrogen-bond acceptors (Lipinski definition) is 6. The fourth-order valence-corrected chi connectivity index (χ4v) is 3.38. The Labute approximate surface area is 164 Å². The first-order valence-corrected chi connectivity index (χ1v) is 9.31. The van der Waals surface area contributed by atoms with E-state index < -0.39 is 0 Å². The number of benzene rings is 1. The van der Waals surface area contributed by atoms with Gasteiger partial charge in [0.15, 0.2) is 5.76 Å². The van der Waals surface area contributed by atoms with Crippen LogP contribution in [0.3, 0.4) is 0 Å². The number of carbonyl (C=O) groups is 1. The van der Waals surface area contributed by atoms with Crippen LogP contribution in [0.25, 0.3) is 22.4 Å². The van der Waals surface area contributed by atoms with Crippen LogP contribution in [0.2, 0.25) is 0 Å². The minimum absolute atomic E-state index is 0.289. The fraction of sp³-hybridized carbons (Fsp3) is 0.238. The lowest BCUT2D eigenvalue weighted by Crippen LogP contribution is -2.14. The largest absolute Gasteiger partial charge is 0.359 e. The number of halogens is 1. The maximum atomic E-state index is 13.4. The number of fused-ring (bicyclic) bond motifs is 1. The van der Waals surface area contributed by atoms with Crippen molar-refractivity contribution in [3.05, 3.63) is 58.9 Å².